The van der Waals surface area contributed by atoms with Gasteiger partial charge in [0.2, 0.25) is 5.91 Å². The summed E-state index contributed by atoms with van der Waals surface area (Å²) >= 11 is 5.05. The van der Waals surface area contributed by atoms with Crippen molar-refractivity contribution >= 4 is 23.0 Å². The predicted octanol–water partition coefficient (Wildman–Crippen LogP) is 1.43. The molecule has 0 aromatic rings. The predicted molar refractivity (Wildman–Crippen MR) is 50.8 cm³/mol. The Bertz CT molecular complexity index is 304. The van der Waals surface area contributed by atoms with Gasteiger partial charge in [-0.1, -0.05) is 18.3 Å². The first-order chi connectivity index (χ1) is 5.77. The Kier molecular flexibility index (Phi) is 1.81. The Hall–Kier alpha value is -0.960. The molecular weight excluding hydrogens is 170 g/mol. The molecule has 0 aromatic heterocycles. The number of allylic oxidation sites excluding steroid dienone is 3. The number of hydrogen-bond acceptors (Lipinski definition) is 2. The van der Waals surface area contributed by atoms with E-state index in [2.05, 4.69) is 0 Å². The molecular formula is C9H9NOS. The molecule has 12 heavy (non-hydrogen) atoms. The van der Waals surface area contributed by atoms with Crippen molar-refractivity contribution in [3.8, 4) is 0 Å². The van der Waals surface area contributed by atoms with E-state index in [4.69, 9.17) is 12.2 Å². The first-order valence-corrected chi connectivity index (χ1v) is 4.39. The van der Waals surface area contributed by atoms with Crippen LogP contribution in [0.5, 0.6) is 0 Å². The SMILES string of the molecule is O=C1CCN1C1=CC(=S)CC=C1. The maximum Gasteiger partial charge on any atom is 0.228 e. The van der Waals surface area contributed by atoms with Gasteiger partial charge in [-0.25, -0.2) is 0 Å². The van der Waals surface area contributed by atoms with Crippen LogP contribution in [0.25, 0.3) is 0 Å². The summed E-state index contributed by atoms with van der Waals surface area (Å²) in [7, 11) is 0. The molecule has 0 bridgehead atoms. The summed E-state index contributed by atoms with van der Waals surface area (Å²) in [6.07, 6.45) is 7.39. The van der Waals surface area contributed by atoms with Gasteiger partial charge >= 0.3 is 0 Å². The highest BCUT2D eigenvalue weighted by atomic mass is 32.1. The van der Waals surface area contributed by atoms with Crippen LogP contribution in [0.4, 0.5) is 0 Å². The number of carbonyl (C=O) groups excluding carboxylic acids is 1. The summed E-state index contributed by atoms with van der Waals surface area (Å²) in [6.45, 7) is 0.845. The van der Waals surface area contributed by atoms with Gasteiger partial charge in [0.05, 0.1) is 0 Å². The van der Waals surface area contributed by atoms with Crippen LogP contribution < -0.4 is 0 Å². The van der Waals surface area contributed by atoms with Crippen LogP contribution in [-0.4, -0.2) is 22.2 Å². The molecule has 0 saturated carbocycles. The standard InChI is InChI=1S/C9H9NOS/c11-9-4-5-10(9)7-2-1-3-8(12)6-7/h1-2,6H,3-5H2. The number of amides is 1. The Balaban J connectivity index is 2.17. The van der Waals surface area contributed by atoms with E-state index in [0.29, 0.717) is 6.42 Å². The van der Waals surface area contributed by atoms with Gasteiger partial charge in [0.25, 0.3) is 0 Å². The first kappa shape index (κ1) is 7.68. The molecule has 3 heteroatoms. The number of nitrogens with zero attached hydrogens (tertiary/aromatic N) is 1. The van der Waals surface area contributed by atoms with Crippen molar-refractivity contribution in [1.29, 1.82) is 0 Å². The fraction of sp³-hybridized carbons (Fsp3) is 0.333. The van der Waals surface area contributed by atoms with Gasteiger partial charge in [-0.15, -0.1) is 0 Å². The number of hydrogen-bond donors (Lipinski definition) is 0. The minimum Gasteiger partial charge on any atom is -0.312 e. The normalized spacial score (nSPS) is 22.3. The Morgan fingerprint density at radius 3 is 2.83 bits per heavy atom. The first-order valence-electron chi connectivity index (χ1n) is 3.99. The highest BCUT2D eigenvalue weighted by Gasteiger charge is 2.26. The minimum atomic E-state index is 0.204. The lowest BCUT2D eigenvalue weighted by Gasteiger charge is -2.32. The van der Waals surface area contributed by atoms with Crippen LogP contribution in [0.1, 0.15) is 12.8 Å². The van der Waals surface area contributed by atoms with E-state index < -0.39 is 0 Å². The zero-order valence-corrected chi connectivity index (χ0v) is 7.43. The van der Waals surface area contributed by atoms with Gasteiger partial charge in [0.1, 0.15) is 0 Å². The van der Waals surface area contributed by atoms with Crippen molar-refractivity contribution in [2.75, 3.05) is 6.54 Å². The molecule has 0 aromatic carbocycles. The summed E-state index contributed by atoms with van der Waals surface area (Å²) in [5.74, 6) is 0.204. The summed E-state index contributed by atoms with van der Waals surface area (Å²) < 4.78 is 0. The van der Waals surface area contributed by atoms with Gasteiger partial charge in [0.15, 0.2) is 0 Å². The molecule has 0 atom stereocenters. The summed E-state index contributed by atoms with van der Waals surface area (Å²) in [5.41, 5.74) is 0.961. The van der Waals surface area contributed by atoms with Gasteiger partial charge in [-0.3, -0.25) is 4.79 Å². The van der Waals surface area contributed by atoms with E-state index in [1.807, 2.05) is 18.2 Å². The molecule has 0 radical (unpaired) electrons. The molecule has 0 N–H and O–H groups in total. The van der Waals surface area contributed by atoms with Crippen LogP contribution in [0.3, 0.4) is 0 Å². The molecule has 2 aliphatic rings. The number of carbonyl (C=O) groups is 1. The van der Waals surface area contributed by atoms with E-state index >= 15 is 0 Å². The van der Waals surface area contributed by atoms with Gasteiger partial charge < -0.3 is 4.90 Å². The van der Waals surface area contributed by atoms with Gasteiger partial charge in [-0.2, -0.15) is 0 Å². The molecule has 0 spiro atoms. The van der Waals surface area contributed by atoms with Crippen molar-refractivity contribution < 1.29 is 4.79 Å². The zero-order valence-electron chi connectivity index (χ0n) is 6.62. The number of likely N-dealkylation sites (tertiary alicyclic amines) is 1. The van der Waals surface area contributed by atoms with Gasteiger partial charge in [0, 0.05) is 29.9 Å². The number of β-lactam (4-membered cyclic amide) rings is 1. The smallest absolute Gasteiger partial charge is 0.228 e. The average molecular weight is 179 g/mol. The molecule has 62 valence electrons. The van der Waals surface area contributed by atoms with Crippen LogP contribution >= 0.6 is 12.2 Å². The molecule has 1 amide bonds. The summed E-state index contributed by atoms with van der Waals surface area (Å²) in [6, 6.07) is 0. The lowest BCUT2D eigenvalue weighted by Crippen LogP contribution is -2.42. The molecule has 1 saturated heterocycles. The lowest BCUT2D eigenvalue weighted by atomic mass is 10.1. The maximum atomic E-state index is 11.0. The second-order valence-corrected chi connectivity index (χ2v) is 3.46. The van der Waals surface area contributed by atoms with Gasteiger partial charge in [-0.05, 0) is 12.2 Å². The Morgan fingerprint density at radius 1 is 1.50 bits per heavy atom. The average Bonchev–Trinajstić information content (AvgIpc) is 2.02. The third kappa shape index (κ3) is 1.20. The Labute approximate surface area is 76.5 Å². The second-order valence-electron chi connectivity index (χ2n) is 2.94. The largest absolute Gasteiger partial charge is 0.312 e. The summed E-state index contributed by atoms with van der Waals surface area (Å²) in [5, 5.41) is 0. The van der Waals surface area contributed by atoms with Crippen LogP contribution in [-0.2, 0) is 4.79 Å². The van der Waals surface area contributed by atoms with E-state index in [1.54, 1.807) is 4.90 Å². The fourth-order valence-corrected chi connectivity index (χ4v) is 1.54. The topological polar surface area (TPSA) is 20.3 Å². The van der Waals surface area contributed by atoms with E-state index in [9.17, 15) is 4.79 Å². The van der Waals surface area contributed by atoms with E-state index in [1.165, 1.54) is 0 Å². The highest BCUT2D eigenvalue weighted by Crippen LogP contribution is 2.20. The summed E-state index contributed by atoms with van der Waals surface area (Å²) in [4.78, 5) is 13.7. The molecule has 0 unspecified atom stereocenters. The zero-order chi connectivity index (χ0) is 8.55. The van der Waals surface area contributed by atoms with Crippen molar-refractivity contribution in [3.63, 3.8) is 0 Å². The van der Waals surface area contributed by atoms with Crippen molar-refractivity contribution in [1.82, 2.24) is 4.90 Å². The third-order valence-electron chi connectivity index (χ3n) is 2.08. The number of rotatable bonds is 1. The second kappa shape index (κ2) is 2.83. The van der Waals surface area contributed by atoms with Crippen molar-refractivity contribution in [3.05, 3.63) is 23.9 Å². The quantitative estimate of drug-likeness (QED) is 0.448. The van der Waals surface area contributed by atoms with Crippen molar-refractivity contribution in [2.24, 2.45) is 0 Å². The van der Waals surface area contributed by atoms with Crippen molar-refractivity contribution in [2.45, 2.75) is 12.8 Å². The molecule has 2 nitrogen and oxygen atoms in total. The monoisotopic (exact) mass is 179 g/mol. The van der Waals surface area contributed by atoms with Crippen LogP contribution in [0.15, 0.2) is 23.9 Å². The third-order valence-corrected chi connectivity index (χ3v) is 2.36. The molecule has 1 heterocycles. The lowest BCUT2D eigenvalue weighted by molar-refractivity contribution is -0.136. The fourth-order valence-electron chi connectivity index (χ4n) is 1.32. The highest BCUT2D eigenvalue weighted by molar-refractivity contribution is 7.80. The molecule has 1 aliphatic carbocycles. The minimum absolute atomic E-state index is 0.204. The molecule has 1 fully saturated rings. The van der Waals surface area contributed by atoms with E-state index in [-0.39, 0.29) is 5.91 Å². The number of thiocarbonyl (C=S) groups is 1. The van der Waals surface area contributed by atoms with Crippen LogP contribution in [0, 0.1) is 0 Å². The molecule has 2 rings (SSSR count). The molecule has 1 aliphatic heterocycles. The van der Waals surface area contributed by atoms with Crippen LogP contribution in [0.2, 0.25) is 0 Å². The maximum absolute atomic E-state index is 11.0. The Morgan fingerprint density at radius 2 is 2.33 bits per heavy atom. The van der Waals surface area contributed by atoms with E-state index in [0.717, 1.165) is 23.5 Å².